The summed E-state index contributed by atoms with van der Waals surface area (Å²) in [6.45, 7) is 1.45. The highest BCUT2D eigenvalue weighted by Crippen LogP contribution is 2.30. The van der Waals surface area contributed by atoms with Crippen LogP contribution in [-0.2, 0) is 11.3 Å². The van der Waals surface area contributed by atoms with Crippen LogP contribution in [0.1, 0.15) is 11.1 Å². The van der Waals surface area contributed by atoms with Crippen molar-refractivity contribution in [3.8, 4) is 11.5 Å². The molecule has 0 saturated heterocycles. The number of carbonyl (C=O) groups is 1. The Bertz CT molecular complexity index is 743. The van der Waals surface area contributed by atoms with Crippen LogP contribution in [0.15, 0.2) is 48.5 Å². The van der Waals surface area contributed by atoms with Crippen molar-refractivity contribution in [3.05, 3.63) is 65.5 Å². The summed E-state index contributed by atoms with van der Waals surface area (Å²) in [5, 5.41) is 2.77. The molecule has 0 atom stereocenters. The molecule has 2 aromatic carbocycles. The molecule has 0 spiro atoms. The molecule has 3 rings (SSSR count). The van der Waals surface area contributed by atoms with Crippen LogP contribution in [0.25, 0.3) is 6.08 Å². The van der Waals surface area contributed by atoms with E-state index in [1.54, 1.807) is 18.2 Å². The van der Waals surface area contributed by atoms with Gasteiger partial charge in [-0.25, -0.2) is 4.39 Å². The normalized spacial score (nSPS) is 13.1. The molecule has 1 aliphatic heterocycles. The van der Waals surface area contributed by atoms with E-state index in [1.807, 2.05) is 18.2 Å². The lowest BCUT2D eigenvalue weighted by Crippen LogP contribution is -2.20. The maximum Gasteiger partial charge on any atom is 0.244 e. The first kappa shape index (κ1) is 15.1. The van der Waals surface area contributed by atoms with Crippen molar-refractivity contribution < 1.29 is 18.7 Å². The first-order valence-corrected chi connectivity index (χ1v) is 7.31. The molecule has 0 bridgehead atoms. The standard InChI is InChI=1S/C18H16FNO3/c19-15-3-1-2-13(10-15)5-7-18(21)20-12-14-4-6-16-17(11-14)23-9-8-22-16/h1-7,10-11H,8-9,12H2,(H,20,21). The van der Waals surface area contributed by atoms with Crippen LogP contribution in [0, 0.1) is 5.82 Å². The fourth-order valence-electron chi connectivity index (χ4n) is 2.23. The number of halogens is 1. The van der Waals surface area contributed by atoms with E-state index in [-0.39, 0.29) is 11.7 Å². The van der Waals surface area contributed by atoms with Gasteiger partial charge in [-0.2, -0.15) is 0 Å². The highest BCUT2D eigenvalue weighted by atomic mass is 19.1. The van der Waals surface area contributed by atoms with Crippen LogP contribution >= 0.6 is 0 Å². The zero-order valence-electron chi connectivity index (χ0n) is 12.4. The number of rotatable bonds is 4. The van der Waals surface area contributed by atoms with E-state index >= 15 is 0 Å². The third-order valence-electron chi connectivity index (χ3n) is 3.35. The van der Waals surface area contributed by atoms with Crippen molar-refractivity contribution in [2.24, 2.45) is 0 Å². The predicted octanol–water partition coefficient (Wildman–Crippen LogP) is 2.93. The minimum absolute atomic E-state index is 0.246. The van der Waals surface area contributed by atoms with Crippen LogP contribution in [0.4, 0.5) is 4.39 Å². The van der Waals surface area contributed by atoms with Gasteiger partial charge in [0.2, 0.25) is 5.91 Å². The second kappa shape index (κ2) is 6.96. The zero-order chi connectivity index (χ0) is 16.1. The molecule has 5 heteroatoms. The summed E-state index contributed by atoms with van der Waals surface area (Å²) in [6, 6.07) is 11.6. The zero-order valence-corrected chi connectivity index (χ0v) is 12.4. The predicted molar refractivity (Wildman–Crippen MR) is 84.7 cm³/mol. The highest BCUT2D eigenvalue weighted by molar-refractivity contribution is 5.91. The summed E-state index contributed by atoms with van der Waals surface area (Å²) in [5.41, 5.74) is 1.56. The Morgan fingerprint density at radius 1 is 1.13 bits per heavy atom. The van der Waals surface area contributed by atoms with Crippen molar-refractivity contribution in [3.63, 3.8) is 0 Å². The quantitative estimate of drug-likeness (QED) is 0.883. The number of benzene rings is 2. The first-order valence-electron chi connectivity index (χ1n) is 7.31. The van der Waals surface area contributed by atoms with E-state index in [9.17, 15) is 9.18 Å². The molecule has 0 radical (unpaired) electrons. The topological polar surface area (TPSA) is 47.6 Å². The fraction of sp³-hybridized carbons (Fsp3) is 0.167. The van der Waals surface area contributed by atoms with Crippen molar-refractivity contribution in [2.75, 3.05) is 13.2 Å². The molecule has 0 aromatic heterocycles. The van der Waals surface area contributed by atoms with Gasteiger partial charge >= 0.3 is 0 Å². The minimum Gasteiger partial charge on any atom is -0.486 e. The van der Waals surface area contributed by atoms with Gasteiger partial charge in [-0.1, -0.05) is 18.2 Å². The summed E-state index contributed by atoms with van der Waals surface area (Å²) in [4.78, 5) is 11.8. The molecule has 0 aliphatic carbocycles. The summed E-state index contributed by atoms with van der Waals surface area (Å²) in [5.74, 6) is 0.837. The lowest BCUT2D eigenvalue weighted by molar-refractivity contribution is -0.116. The number of hydrogen-bond donors (Lipinski definition) is 1. The maximum atomic E-state index is 13.0. The van der Waals surface area contributed by atoms with Gasteiger partial charge in [-0.3, -0.25) is 4.79 Å². The number of ether oxygens (including phenoxy) is 2. The van der Waals surface area contributed by atoms with Crippen molar-refractivity contribution in [1.82, 2.24) is 5.32 Å². The van der Waals surface area contributed by atoms with Gasteiger partial charge in [-0.15, -0.1) is 0 Å². The molecule has 0 unspecified atom stereocenters. The van der Waals surface area contributed by atoms with E-state index < -0.39 is 0 Å². The van der Waals surface area contributed by atoms with E-state index in [0.717, 1.165) is 11.3 Å². The molecule has 1 heterocycles. The molecule has 2 aromatic rings. The van der Waals surface area contributed by atoms with Crippen molar-refractivity contribution in [1.29, 1.82) is 0 Å². The minimum atomic E-state index is -0.330. The number of hydrogen-bond acceptors (Lipinski definition) is 3. The first-order chi connectivity index (χ1) is 11.2. The second-order valence-electron chi connectivity index (χ2n) is 5.08. The number of amides is 1. The molecule has 1 amide bonds. The second-order valence-corrected chi connectivity index (χ2v) is 5.08. The Hall–Kier alpha value is -2.82. The molecule has 0 saturated carbocycles. The van der Waals surface area contributed by atoms with Gasteiger partial charge in [0.25, 0.3) is 0 Å². The molecule has 1 aliphatic rings. The van der Waals surface area contributed by atoms with Crippen molar-refractivity contribution in [2.45, 2.75) is 6.54 Å². The number of fused-ring (bicyclic) bond motifs is 1. The Morgan fingerprint density at radius 2 is 1.96 bits per heavy atom. The monoisotopic (exact) mass is 313 g/mol. The van der Waals surface area contributed by atoms with Gasteiger partial charge in [0, 0.05) is 12.6 Å². The SMILES string of the molecule is O=C(C=Cc1cccc(F)c1)NCc1ccc2c(c1)OCCO2. The third-order valence-corrected chi connectivity index (χ3v) is 3.35. The fourth-order valence-corrected chi connectivity index (χ4v) is 2.23. The van der Waals surface area contributed by atoms with Crippen LogP contribution in [0.5, 0.6) is 11.5 Å². The van der Waals surface area contributed by atoms with E-state index in [0.29, 0.717) is 31.1 Å². The summed E-state index contributed by atoms with van der Waals surface area (Å²) in [6.07, 6.45) is 2.95. The lowest BCUT2D eigenvalue weighted by atomic mass is 10.2. The molecular weight excluding hydrogens is 297 g/mol. The van der Waals surface area contributed by atoms with Crippen molar-refractivity contribution >= 4 is 12.0 Å². The summed E-state index contributed by atoms with van der Waals surface area (Å²) >= 11 is 0. The van der Waals surface area contributed by atoms with Gasteiger partial charge in [-0.05, 0) is 41.5 Å². The van der Waals surface area contributed by atoms with Crippen LogP contribution in [0.2, 0.25) is 0 Å². The molecule has 4 nitrogen and oxygen atoms in total. The Morgan fingerprint density at radius 3 is 2.78 bits per heavy atom. The maximum absolute atomic E-state index is 13.0. The average molecular weight is 313 g/mol. The average Bonchev–Trinajstić information content (AvgIpc) is 2.58. The molecular formula is C18H16FNO3. The Kier molecular flexibility index (Phi) is 4.57. The highest BCUT2D eigenvalue weighted by Gasteiger charge is 2.11. The largest absolute Gasteiger partial charge is 0.486 e. The number of nitrogens with one attached hydrogen (secondary N) is 1. The molecule has 118 valence electrons. The van der Waals surface area contributed by atoms with Gasteiger partial charge in [0.05, 0.1) is 0 Å². The summed E-state index contributed by atoms with van der Waals surface area (Å²) in [7, 11) is 0. The van der Waals surface area contributed by atoms with Gasteiger partial charge < -0.3 is 14.8 Å². The lowest BCUT2D eigenvalue weighted by Gasteiger charge is -2.18. The van der Waals surface area contributed by atoms with E-state index in [1.165, 1.54) is 18.2 Å². The third kappa shape index (κ3) is 4.10. The smallest absolute Gasteiger partial charge is 0.244 e. The van der Waals surface area contributed by atoms with Crippen LogP contribution < -0.4 is 14.8 Å². The summed E-state index contributed by atoms with van der Waals surface area (Å²) < 4.78 is 24.0. The molecule has 0 fully saturated rings. The number of carbonyl (C=O) groups excluding carboxylic acids is 1. The van der Waals surface area contributed by atoms with Crippen LogP contribution in [0.3, 0.4) is 0 Å². The molecule has 23 heavy (non-hydrogen) atoms. The Labute approximate surface area is 133 Å². The van der Waals surface area contributed by atoms with Crippen LogP contribution in [-0.4, -0.2) is 19.1 Å². The van der Waals surface area contributed by atoms with E-state index in [2.05, 4.69) is 5.32 Å². The van der Waals surface area contributed by atoms with Gasteiger partial charge in [0.1, 0.15) is 19.0 Å². The molecule has 1 N–H and O–H groups in total. The Balaban J connectivity index is 1.56. The van der Waals surface area contributed by atoms with E-state index in [4.69, 9.17) is 9.47 Å². The van der Waals surface area contributed by atoms with Gasteiger partial charge in [0.15, 0.2) is 11.5 Å².